The van der Waals surface area contributed by atoms with E-state index in [1.54, 1.807) is 19.1 Å². The van der Waals surface area contributed by atoms with Gasteiger partial charge in [0.05, 0.1) is 22.2 Å². The van der Waals surface area contributed by atoms with Gasteiger partial charge in [-0.15, -0.1) is 0 Å². The van der Waals surface area contributed by atoms with Crippen molar-refractivity contribution in [3.63, 3.8) is 0 Å². The van der Waals surface area contributed by atoms with Gasteiger partial charge in [0, 0.05) is 6.42 Å². The average molecular weight is 276 g/mol. The van der Waals surface area contributed by atoms with E-state index in [-0.39, 0.29) is 12.8 Å². The van der Waals surface area contributed by atoms with Crippen molar-refractivity contribution < 1.29 is 14.7 Å². The largest absolute Gasteiger partial charge is 0.481 e. The minimum absolute atomic E-state index is 0.115. The molecule has 0 aliphatic heterocycles. The van der Waals surface area contributed by atoms with Crippen LogP contribution >= 0.6 is 23.2 Å². The molecule has 0 spiro atoms. The van der Waals surface area contributed by atoms with Gasteiger partial charge in [0.15, 0.2) is 0 Å². The monoisotopic (exact) mass is 275 g/mol. The van der Waals surface area contributed by atoms with Gasteiger partial charge >= 0.3 is 5.97 Å². The van der Waals surface area contributed by atoms with Crippen molar-refractivity contribution >= 4 is 40.8 Å². The third-order valence-electron chi connectivity index (χ3n) is 2.11. The lowest BCUT2D eigenvalue weighted by Gasteiger charge is -2.10. The molecule has 0 aromatic heterocycles. The molecule has 0 saturated carbocycles. The second-order valence-electron chi connectivity index (χ2n) is 3.50. The van der Waals surface area contributed by atoms with E-state index in [1.807, 2.05) is 0 Å². The summed E-state index contributed by atoms with van der Waals surface area (Å²) in [6, 6.07) is 3.35. The first kappa shape index (κ1) is 13.8. The van der Waals surface area contributed by atoms with E-state index in [0.717, 1.165) is 5.56 Å². The number of hydrogen-bond donors (Lipinski definition) is 2. The standard InChI is InChI=1S/C11H11Cl2NO3/c1-6-2-3-7(12)11(10(6)13)14-8(15)4-5-9(16)17/h2-3H,4-5H2,1H3,(H,14,15)(H,16,17). The highest BCUT2D eigenvalue weighted by Crippen LogP contribution is 2.32. The third kappa shape index (κ3) is 3.91. The fourth-order valence-corrected chi connectivity index (χ4v) is 1.66. The number of carboxylic acid groups (broad SMARTS) is 1. The molecule has 1 amide bonds. The zero-order valence-electron chi connectivity index (χ0n) is 9.09. The van der Waals surface area contributed by atoms with Gasteiger partial charge in [0.2, 0.25) is 5.91 Å². The topological polar surface area (TPSA) is 66.4 Å². The Labute approximate surface area is 109 Å². The number of hydrogen-bond acceptors (Lipinski definition) is 2. The van der Waals surface area contributed by atoms with Gasteiger partial charge in [-0.2, -0.15) is 0 Å². The van der Waals surface area contributed by atoms with Crippen LogP contribution in [0.1, 0.15) is 18.4 Å². The fourth-order valence-electron chi connectivity index (χ4n) is 1.19. The van der Waals surface area contributed by atoms with E-state index in [2.05, 4.69) is 5.32 Å². The van der Waals surface area contributed by atoms with Crippen molar-refractivity contribution in [3.8, 4) is 0 Å². The van der Waals surface area contributed by atoms with Crippen LogP contribution in [0.25, 0.3) is 0 Å². The van der Waals surface area contributed by atoms with Crippen LogP contribution < -0.4 is 5.32 Å². The highest BCUT2D eigenvalue weighted by molar-refractivity contribution is 6.40. The van der Waals surface area contributed by atoms with E-state index in [0.29, 0.717) is 15.7 Å². The molecule has 0 bridgehead atoms. The second-order valence-corrected chi connectivity index (χ2v) is 4.28. The number of carboxylic acids is 1. The Morgan fingerprint density at radius 3 is 2.53 bits per heavy atom. The van der Waals surface area contributed by atoms with Crippen LogP contribution in [0.15, 0.2) is 12.1 Å². The summed E-state index contributed by atoms with van der Waals surface area (Å²) in [7, 11) is 0. The quantitative estimate of drug-likeness (QED) is 0.887. The van der Waals surface area contributed by atoms with Gasteiger partial charge in [-0.05, 0) is 18.6 Å². The first-order valence-corrected chi connectivity index (χ1v) is 5.63. The fraction of sp³-hybridized carbons (Fsp3) is 0.273. The number of nitrogens with one attached hydrogen (secondary N) is 1. The van der Waals surface area contributed by atoms with E-state index >= 15 is 0 Å². The molecule has 1 aromatic carbocycles. The van der Waals surface area contributed by atoms with Crippen LogP contribution in [0, 0.1) is 6.92 Å². The summed E-state index contributed by atoms with van der Waals surface area (Å²) in [6.45, 7) is 1.78. The minimum Gasteiger partial charge on any atom is -0.481 e. The normalized spacial score (nSPS) is 10.1. The van der Waals surface area contributed by atoms with Crippen molar-refractivity contribution in [1.82, 2.24) is 0 Å². The molecule has 0 aliphatic carbocycles. The van der Waals surface area contributed by atoms with Crippen molar-refractivity contribution in [1.29, 1.82) is 0 Å². The number of amides is 1. The lowest BCUT2D eigenvalue weighted by atomic mass is 10.2. The summed E-state index contributed by atoms with van der Waals surface area (Å²) >= 11 is 11.9. The molecule has 1 aromatic rings. The third-order valence-corrected chi connectivity index (χ3v) is 2.92. The van der Waals surface area contributed by atoms with E-state index < -0.39 is 11.9 Å². The first-order chi connectivity index (χ1) is 7.91. The summed E-state index contributed by atoms with van der Waals surface area (Å²) in [5.41, 5.74) is 1.10. The van der Waals surface area contributed by atoms with Crippen LogP contribution in [0.3, 0.4) is 0 Å². The summed E-state index contributed by atoms with van der Waals surface area (Å²) < 4.78 is 0. The number of halogens is 2. The molecule has 92 valence electrons. The number of carbonyl (C=O) groups excluding carboxylic acids is 1. The molecule has 17 heavy (non-hydrogen) atoms. The first-order valence-electron chi connectivity index (χ1n) is 4.88. The maximum atomic E-state index is 11.4. The van der Waals surface area contributed by atoms with Gasteiger partial charge in [-0.25, -0.2) is 0 Å². The molecule has 1 rings (SSSR count). The maximum absolute atomic E-state index is 11.4. The predicted octanol–water partition coefficient (Wildman–Crippen LogP) is 3.11. The number of benzene rings is 1. The predicted molar refractivity (Wildman–Crippen MR) is 66.7 cm³/mol. The molecule has 4 nitrogen and oxygen atoms in total. The summed E-state index contributed by atoms with van der Waals surface area (Å²) in [6.07, 6.45) is -0.344. The Hall–Kier alpha value is -1.26. The average Bonchev–Trinajstić information content (AvgIpc) is 2.27. The Morgan fingerprint density at radius 2 is 1.94 bits per heavy atom. The van der Waals surface area contributed by atoms with Crippen molar-refractivity contribution in [2.75, 3.05) is 5.32 Å². The molecule has 0 radical (unpaired) electrons. The Balaban J connectivity index is 2.78. The van der Waals surface area contributed by atoms with Crippen LogP contribution in [0.2, 0.25) is 10.0 Å². The number of rotatable bonds is 4. The molecular formula is C11H11Cl2NO3. The van der Waals surface area contributed by atoms with Gasteiger partial charge in [-0.3, -0.25) is 9.59 Å². The molecular weight excluding hydrogens is 265 g/mol. The van der Waals surface area contributed by atoms with Gasteiger partial charge in [0.25, 0.3) is 0 Å². The maximum Gasteiger partial charge on any atom is 0.303 e. The number of aliphatic carboxylic acids is 1. The van der Waals surface area contributed by atoms with Crippen LogP contribution in [-0.2, 0) is 9.59 Å². The Morgan fingerprint density at radius 1 is 1.29 bits per heavy atom. The summed E-state index contributed by atoms with van der Waals surface area (Å²) in [5.74, 6) is -1.46. The van der Waals surface area contributed by atoms with E-state index in [4.69, 9.17) is 28.3 Å². The Bertz CT molecular complexity index is 460. The van der Waals surface area contributed by atoms with Crippen molar-refractivity contribution in [2.24, 2.45) is 0 Å². The van der Waals surface area contributed by atoms with Gasteiger partial charge < -0.3 is 10.4 Å². The van der Waals surface area contributed by atoms with Crippen molar-refractivity contribution in [2.45, 2.75) is 19.8 Å². The molecule has 0 saturated heterocycles. The van der Waals surface area contributed by atoms with Crippen LogP contribution in [0.4, 0.5) is 5.69 Å². The zero-order valence-corrected chi connectivity index (χ0v) is 10.6. The Kier molecular flexibility index (Phi) is 4.78. The summed E-state index contributed by atoms with van der Waals surface area (Å²) in [4.78, 5) is 21.8. The zero-order chi connectivity index (χ0) is 13.0. The lowest BCUT2D eigenvalue weighted by molar-refractivity contribution is -0.138. The molecule has 0 fully saturated rings. The van der Waals surface area contributed by atoms with Crippen molar-refractivity contribution in [3.05, 3.63) is 27.7 Å². The number of carbonyl (C=O) groups is 2. The van der Waals surface area contributed by atoms with E-state index in [1.165, 1.54) is 0 Å². The second kappa shape index (κ2) is 5.89. The highest BCUT2D eigenvalue weighted by Gasteiger charge is 2.12. The molecule has 6 heteroatoms. The van der Waals surface area contributed by atoms with Crippen LogP contribution in [0.5, 0.6) is 0 Å². The molecule has 0 atom stereocenters. The lowest BCUT2D eigenvalue weighted by Crippen LogP contribution is -2.14. The molecule has 0 aliphatic rings. The smallest absolute Gasteiger partial charge is 0.303 e. The number of anilines is 1. The van der Waals surface area contributed by atoms with Gasteiger partial charge in [0.1, 0.15) is 0 Å². The molecule has 2 N–H and O–H groups in total. The SMILES string of the molecule is Cc1ccc(Cl)c(NC(=O)CCC(=O)O)c1Cl. The number of aryl methyl sites for hydroxylation is 1. The highest BCUT2D eigenvalue weighted by atomic mass is 35.5. The van der Waals surface area contributed by atoms with Gasteiger partial charge in [-0.1, -0.05) is 29.3 Å². The van der Waals surface area contributed by atoms with Crippen LogP contribution in [-0.4, -0.2) is 17.0 Å². The summed E-state index contributed by atoms with van der Waals surface area (Å²) in [5, 5.41) is 11.6. The molecule has 0 unspecified atom stereocenters. The minimum atomic E-state index is -1.03. The molecule has 0 heterocycles. The van der Waals surface area contributed by atoms with E-state index in [9.17, 15) is 9.59 Å².